The van der Waals surface area contributed by atoms with Gasteiger partial charge in [0, 0.05) is 10.0 Å². The van der Waals surface area contributed by atoms with Gasteiger partial charge in [0.25, 0.3) is 0 Å². The molecule has 0 saturated heterocycles. The van der Waals surface area contributed by atoms with Crippen LogP contribution in [-0.2, 0) is 6.42 Å². The van der Waals surface area contributed by atoms with Gasteiger partial charge in [-0.25, -0.2) is 9.97 Å². The molecular weight excluding hydrogens is 405 g/mol. The summed E-state index contributed by atoms with van der Waals surface area (Å²) in [5.74, 6) is 1.46. The fourth-order valence-electron chi connectivity index (χ4n) is 1.82. The van der Waals surface area contributed by atoms with E-state index in [1.54, 1.807) is 0 Å². The summed E-state index contributed by atoms with van der Waals surface area (Å²) in [7, 11) is 0. The maximum absolute atomic E-state index is 6.23. The van der Waals surface area contributed by atoms with E-state index in [0.29, 0.717) is 22.6 Å². The zero-order valence-corrected chi connectivity index (χ0v) is 15.1. The van der Waals surface area contributed by atoms with Gasteiger partial charge in [-0.15, -0.1) is 0 Å². The second-order valence-corrected chi connectivity index (χ2v) is 7.03. The summed E-state index contributed by atoms with van der Waals surface area (Å²) in [4.78, 5) is 8.93. The molecule has 1 heterocycles. The molecule has 106 valence electrons. The van der Waals surface area contributed by atoms with Crippen LogP contribution in [-0.4, -0.2) is 9.97 Å². The van der Waals surface area contributed by atoms with E-state index in [2.05, 4.69) is 55.7 Å². The summed E-state index contributed by atoms with van der Waals surface area (Å²) in [6.07, 6.45) is 0.825. The third-order valence-corrected chi connectivity index (χ3v) is 4.40. The molecule has 1 aromatic heterocycles. The highest BCUT2D eigenvalue weighted by Crippen LogP contribution is 2.32. The highest BCUT2D eigenvalue weighted by molar-refractivity contribution is 9.11. The highest BCUT2D eigenvalue weighted by atomic mass is 79.9. The first-order chi connectivity index (χ1) is 9.38. The SMILES string of the molecule is CC(C)Cc1nc(-c2cc(Br)ccc2Cl)nc(N)c1Br. The van der Waals surface area contributed by atoms with E-state index in [-0.39, 0.29) is 0 Å². The molecule has 1 aromatic carbocycles. The van der Waals surface area contributed by atoms with Crippen molar-refractivity contribution in [1.82, 2.24) is 9.97 Å². The maximum Gasteiger partial charge on any atom is 0.163 e. The molecule has 0 radical (unpaired) electrons. The van der Waals surface area contributed by atoms with Gasteiger partial charge in [-0.05, 0) is 46.5 Å². The van der Waals surface area contributed by atoms with E-state index < -0.39 is 0 Å². The zero-order chi connectivity index (χ0) is 14.9. The van der Waals surface area contributed by atoms with Crippen LogP contribution >= 0.6 is 43.5 Å². The molecule has 0 aliphatic carbocycles. The fourth-order valence-corrected chi connectivity index (χ4v) is 2.73. The summed E-state index contributed by atoms with van der Waals surface area (Å²) in [6.45, 7) is 4.27. The van der Waals surface area contributed by atoms with Crippen molar-refractivity contribution in [2.75, 3.05) is 5.73 Å². The predicted molar refractivity (Wildman–Crippen MR) is 90.8 cm³/mol. The number of hydrogen-bond donors (Lipinski definition) is 1. The van der Waals surface area contributed by atoms with Gasteiger partial charge in [0.1, 0.15) is 5.82 Å². The Labute approximate surface area is 140 Å². The van der Waals surface area contributed by atoms with Gasteiger partial charge in [-0.3, -0.25) is 0 Å². The maximum atomic E-state index is 6.23. The van der Waals surface area contributed by atoms with Crippen molar-refractivity contribution >= 4 is 49.3 Å². The van der Waals surface area contributed by atoms with Crippen LogP contribution in [0.25, 0.3) is 11.4 Å². The van der Waals surface area contributed by atoms with Crippen LogP contribution in [0.1, 0.15) is 19.5 Å². The molecule has 3 nitrogen and oxygen atoms in total. The van der Waals surface area contributed by atoms with E-state index in [1.165, 1.54) is 0 Å². The lowest BCUT2D eigenvalue weighted by Crippen LogP contribution is -2.05. The average Bonchev–Trinajstić information content (AvgIpc) is 2.37. The number of benzene rings is 1. The number of anilines is 1. The Morgan fingerprint density at radius 1 is 1.25 bits per heavy atom. The quantitative estimate of drug-likeness (QED) is 0.753. The van der Waals surface area contributed by atoms with E-state index in [9.17, 15) is 0 Å². The summed E-state index contributed by atoms with van der Waals surface area (Å²) in [6, 6.07) is 5.58. The molecule has 0 saturated carbocycles. The minimum Gasteiger partial charge on any atom is -0.383 e. The fraction of sp³-hybridized carbons (Fsp3) is 0.286. The van der Waals surface area contributed by atoms with Crippen molar-refractivity contribution < 1.29 is 0 Å². The average molecular weight is 420 g/mol. The minimum atomic E-state index is 0.432. The molecule has 0 aliphatic rings. The monoisotopic (exact) mass is 417 g/mol. The first kappa shape index (κ1) is 15.7. The Kier molecular flexibility index (Phi) is 5.04. The molecule has 0 aliphatic heterocycles. The van der Waals surface area contributed by atoms with Crippen molar-refractivity contribution in [3.05, 3.63) is 37.9 Å². The van der Waals surface area contributed by atoms with E-state index in [0.717, 1.165) is 26.6 Å². The number of hydrogen-bond acceptors (Lipinski definition) is 3. The number of nitrogens with two attached hydrogens (primary N) is 1. The number of nitrogens with zero attached hydrogens (tertiary/aromatic N) is 2. The lowest BCUT2D eigenvalue weighted by molar-refractivity contribution is 0.633. The van der Waals surface area contributed by atoms with Crippen LogP contribution in [0.5, 0.6) is 0 Å². The topological polar surface area (TPSA) is 51.8 Å². The molecule has 2 N–H and O–H groups in total. The number of nitrogen functional groups attached to an aromatic ring is 1. The second-order valence-electron chi connectivity index (χ2n) is 4.92. The molecule has 20 heavy (non-hydrogen) atoms. The van der Waals surface area contributed by atoms with Crippen LogP contribution in [0.2, 0.25) is 5.02 Å². The predicted octanol–water partition coefficient (Wildman–Crippen LogP) is 5.10. The first-order valence-electron chi connectivity index (χ1n) is 6.15. The molecule has 0 bridgehead atoms. The third-order valence-electron chi connectivity index (χ3n) is 2.72. The molecule has 0 amide bonds. The number of halogens is 3. The van der Waals surface area contributed by atoms with E-state index in [1.807, 2.05) is 18.2 Å². The Hall–Kier alpha value is -0.650. The largest absolute Gasteiger partial charge is 0.383 e. The van der Waals surface area contributed by atoms with Crippen molar-refractivity contribution in [3.8, 4) is 11.4 Å². The summed E-state index contributed by atoms with van der Waals surface area (Å²) >= 11 is 13.1. The summed E-state index contributed by atoms with van der Waals surface area (Å²) < 4.78 is 1.69. The van der Waals surface area contributed by atoms with Gasteiger partial charge in [0.2, 0.25) is 0 Å². The standard InChI is InChI=1S/C14H14Br2ClN3/c1-7(2)5-11-12(16)13(18)20-14(19-11)9-6-8(15)3-4-10(9)17/h3-4,6-7H,5H2,1-2H3,(H2,18,19,20). The van der Waals surface area contributed by atoms with Crippen molar-refractivity contribution in [1.29, 1.82) is 0 Å². The second kappa shape index (κ2) is 6.41. The third kappa shape index (κ3) is 3.51. The van der Waals surface area contributed by atoms with Gasteiger partial charge in [-0.1, -0.05) is 41.4 Å². The van der Waals surface area contributed by atoms with Gasteiger partial charge in [-0.2, -0.15) is 0 Å². The first-order valence-corrected chi connectivity index (χ1v) is 8.12. The Balaban J connectivity index is 2.57. The van der Waals surface area contributed by atoms with Crippen LogP contribution in [0.3, 0.4) is 0 Å². The van der Waals surface area contributed by atoms with E-state index in [4.69, 9.17) is 17.3 Å². The Morgan fingerprint density at radius 3 is 2.60 bits per heavy atom. The minimum absolute atomic E-state index is 0.432. The van der Waals surface area contributed by atoms with Crippen molar-refractivity contribution in [3.63, 3.8) is 0 Å². The van der Waals surface area contributed by atoms with Gasteiger partial charge in [0.05, 0.1) is 15.2 Å². The lowest BCUT2D eigenvalue weighted by atomic mass is 10.1. The number of rotatable bonds is 3. The molecular formula is C14H14Br2ClN3. The normalized spacial score (nSPS) is 11.1. The molecule has 0 fully saturated rings. The van der Waals surface area contributed by atoms with Crippen LogP contribution in [0, 0.1) is 5.92 Å². The van der Waals surface area contributed by atoms with Crippen molar-refractivity contribution in [2.24, 2.45) is 5.92 Å². The van der Waals surface area contributed by atoms with Gasteiger partial charge in [0.15, 0.2) is 5.82 Å². The molecule has 0 spiro atoms. The van der Waals surface area contributed by atoms with Crippen molar-refractivity contribution in [2.45, 2.75) is 20.3 Å². The Morgan fingerprint density at radius 2 is 1.95 bits per heavy atom. The molecule has 6 heteroatoms. The number of aromatic nitrogens is 2. The molecule has 0 atom stereocenters. The molecule has 0 unspecified atom stereocenters. The Bertz CT molecular complexity index is 645. The van der Waals surface area contributed by atoms with Crippen LogP contribution < -0.4 is 5.73 Å². The smallest absolute Gasteiger partial charge is 0.163 e. The van der Waals surface area contributed by atoms with Gasteiger partial charge < -0.3 is 5.73 Å². The van der Waals surface area contributed by atoms with Crippen LogP contribution in [0.15, 0.2) is 27.1 Å². The van der Waals surface area contributed by atoms with E-state index >= 15 is 0 Å². The lowest BCUT2D eigenvalue weighted by Gasteiger charge is -2.11. The summed E-state index contributed by atoms with van der Waals surface area (Å²) in [5.41, 5.74) is 7.64. The molecule has 2 rings (SSSR count). The van der Waals surface area contributed by atoms with Gasteiger partial charge >= 0.3 is 0 Å². The zero-order valence-electron chi connectivity index (χ0n) is 11.1. The molecule has 2 aromatic rings. The highest BCUT2D eigenvalue weighted by Gasteiger charge is 2.14. The van der Waals surface area contributed by atoms with Crippen LogP contribution in [0.4, 0.5) is 5.82 Å². The summed E-state index contributed by atoms with van der Waals surface area (Å²) in [5, 5.41) is 0.602.